The van der Waals surface area contributed by atoms with E-state index in [9.17, 15) is 4.79 Å². The van der Waals surface area contributed by atoms with Crippen LogP contribution < -0.4 is 15.2 Å². The third kappa shape index (κ3) is 5.18. The minimum atomic E-state index is -0.206. The molecule has 2 aromatic rings. The molecule has 1 amide bonds. The number of halogens is 2. The molecule has 0 aliphatic heterocycles. The molecule has 0 atom stereocenters. The van der Waals surface area contributed by atoms with Crippen LogP contribution >= 0.6 is 24.0 Å². The molecule has 0 radical (unpaired) electrons. The normalized spacial score (nSPS) is 9.92. The molecular formula is C18H22Cl2N2O3. The molecule has 0 unspecified atom stereocenters. The van der Waals surface area contributed by atoms with Crippen molar-refractivity contribution in [2.45, 2.75) is 6.92 Å². The Morgan fingerprint density at radius 2 is 1.92 bits per heavy atom. The highest BCUT2D eigenvalue weighted by molar-refractivity contribution is 6.33. The number of para-hydroxylation sites is 1. The maximum Gasteiger partial charge on any atom is 0.257 e. The molecule has 2 N–H and O–H groups in total. The SMILES string of the molecule is COc1cc(N)c(Cl)cc1C(=O)N(C)CCOc1ccccc1C.Cl. The van der Waals surface area contributed by atoms with Crippen LogP contribution in [-0.2, 0) is 0 Å². The number of rotatable bonds is 6. The maximum absolute atomic E-state index is 12.6. The van der Waals surface area contributed by atoms with Gasteiger partial charge in [-0.25, -0.2) is 0 Å². The van der Waals surface area contributed by atoms with Gasteiger partial charge in [-0.15, -0.1) is 12.4 Å². The summed E-state index contributed by atoms with van der Waals surface area (Å²) in [5.74, 6) is 1.00. The van der Waals surface area contributed by atoms with Gasteiger partial charge in [-0.05, 0) is 24.6 Å². The van der Waals surface area contributed by atoms with Gasteiger partial charge in [0.1, 0.15) is 18.1 Å². The first-order chi connectivity index (χ1) is 11.4. The summed E-state index contributed by atoms with van der Waals surface area (Å²) in [4.78, 5) is 14.1. The molecule has 2 rings (SSSR count). The second kappa shape index (κ2) is 9.39. The molecule has 0 heterocycles. The minimum absolute atomic E-state index is 0. The van der Waals surface area contributed by atoms with Gasteiger partial charge in [-0.1, -0.05) is 29.8 Å². The molecule has 7 heteroatoms. The lowest BCUT2D eigenvalue weighted by atomic mass is 10.1. The van der Waals surface area contributed by atoms with Gasteiger partial charge in [0.25, 0.3) is 5.91 Å². The number of carbonyl (C=O) groups is 1. The number of ether oxygens (including phenoxy) is 2. The van der Waals surface area contributed by atoms with Crippen molar-refractivity contribution in [1.29, 1.82) is 0 Å². The Morgan fingerprint density at radius 3 is 2.56 bits per heavy atom. The van der Waals surface area contributed by atoms with Crippen LogP contribution in [0.3, 0.4) is 0 Å². The lowest BCUT2D eigenvalue weighted by molar-refractivity contribution is 0.0770. The monoisotopic (exact) mass is 384 g/mol. The van der Waals surface area contributed by atoms with E-state index in [1.54, 1.807) is 18.0 Å². The van der Waals surface area contributed by atoms with Crippen LogP contribution in [0.2, 0.25) is 5.02 Å². The molecule has 2 aromatic carbocycles. The van der Waals surface area contributed by atoms with Crippen molar-refractivity contribution >= 4 is 35.6 Å². The molecule has 0 saturated carbocycles. The van der Waals surface area contributed by atoms with Crippen LogP contribution in [0.1, 0.15) is 15.9 Å². The highest BCUT2D eigenvalue weighted by Crippen LogP contribution is 2.29. The Labute approximate surface area is 159 Å². The van der Waals surface area contributed by atoms with Crippen molar-refractivity contribution in [2.24, 2.45) is 0 Å². The van der Waals surface area contributed by atoms with E-state index in [-0.39, 0.29) is 18.3 Å². The number of nitrogen functional groups attached to an aromatic ring is 1. The molecule has 0 aliphatic rings. The molecule has 5 nitrogen and oxygen atoms in total. The number of benzene rings is 2. The van der Waals surface area contributed by atoms with Crippen LogP contribution in [0.4, 0.5) is 5.69 Å². The fourth-order valence-electron chi connectivity index (χ4n) is 2.22. The van der Waals surface area contributed by atoms with Crippen molar-refractivity contribution in [3.63, 3.8) is 0 Å². The van der Waals surface area contributed by atoms with E-state index >= 15 is 0 Å². The standard InChI is InChI=1S/C18H21ClN2O3.ClH/c1-12-6-4-5-7-16(12)24-9-8-21(2)18(22)13-10-14(19)15(20)11-17(13)23-3;/h4-7,10-11H,8-9,20H2,1-3H3;1H. The van der Waals surface area contributed by atoms with Gasteiger partial charge in [0.05, 0.1) is 29.9 Å². The highest BCUT2D eigenvalue weighted by Gasteiger charge is 2.18. The van der Waals surface area contributed by atoms with Crippen molar-refractivity contribution in [2.75, 3.05) is 33.0 Å². The zero-order chi connectivity index (χ0) is 17.7. The maximum atomic E-state index is 12.6. The summed E-state index contributed by atoms with van der Waals surface area (Å²) in [6, 6.07) is 10.8. The van der Waals surface area contributed by atoms with Crippen molar-refractivity contribution < 1.29 is 14.3 Å². The molecular weight excluding hydrogens is 363 g/mol. The third-order valence-electron chi connectivity index (χ3n) is 3.67. The van der Waals surface area contributed by atoms with Gasteiger partial charge in [0.2, 0.25) is 0 Å². The van der Waals surface area contributed by atoms with Crippen molar-refractivity contribution in [3.05, 3.63) is 52.5 Å². The summed E-state index contributed by atoms with van der Waals surface area (Å²) in [7, 11) is 3.19. The summed E-state index contributed by atoms with van der Waals surface area (Å²) in [6.45, 7) is 2.79. The number of aryl methyl sites for hydroxylation is 1. The molecule has 0 aromatic heterocycles. The predicted octanol–water partition coefficient (Wildman–Crippen LogP) is 3.81. The first kappa shape index (κ1) is 20.9. The summed E-state index contributed by atoms with van der Waals surface area (Å²) < 4.78 is 10.9. The number of amides is 1. The predicted molar refractivity (Wildman–Crippen MR) is 103 cm³/mol. The van der Waals surface area contributed by atoms with E-state index in [4.69, 9.17) is 26.8 Å². The van der Waals surface area contributed by atoms with E-state index in [1.165, 1.54) is 13.2 Å². The minimum Gasteiger partial charge on any atom is -0.496 e. The van der Waals surface area contributed by atoms with Crippen LogP contribution in [-0.4, -0.2) is 38.1 Å². The van der Waals surface area contributed by atoms with E-state index in [1.807, 2.05) is 31.2 Å². The number of carbonyl (C=O) groups excluding carboxylic acids is 1. The van der Waals surface area contributed by atoms with Gasteiger partial charge in [0, 0.05) is 13.1 Å². The molecule has 0 spiro atoms. The van der Waals surface area contributed by atoms with Gasteiger partial charge in [-0.2, -0.15) is 0 Å². The molecule has 0 saturated heterocycles. The quantitative estimate of drug-likeness (QED) is 0.768. The second-order valence-corrected chi connectivity index (χ2v) is 5.82. The van der Waals surface area contributed by atoms with Gasteiger partial charge >= 0.3 is 0 Å². The van der Waals surface area contributed by atoms with Crippen molar-refractivity contribution in [3.8, 4) is 11.5 Å². The lowest BCUT2D eigenvalue weighted by Gasteiger charge is -2.20. The Hall–Kier alpha value is -2.11. The molecule has 136 valence electrons. The van der Waals surface area contributed by atoms with Gasteiger partial charge in [0.15, 0.2) is 0 Å². The number of anilines is 1. The van der Waals surface area contributed by atoms with Crippen LogP contribution in [0, 0.1) is 6.92 Å². The van der Waals surface area contributed by atoms with Gasteiger partial charge < -0.3 is 20.1 Å². The first-order valence-corrected chi connectivity index (χ1v) is 7.88. The second-order valence-electron chi connectivity index (χ2n) is 5.41. The van der Waals surface area contributed by atoms with Crippen LogP contribution in [0.25, 0.3) is 0 Å². The first-order valence-electron chi connectivity index (χ1n) is 7.51. The fraction of sp³-hybridized carbons (Fsp3) is 0.278. The Kier molecular flexibility index (Phi) is 7.87. The number of likely N-dealkylation sites (N-methyl/N-ethyl adjacent to an activating group) is 1. The number of nitrogens with zero attached hydrogens (tertiary/aromatic N) is 1. The van der Waals surface area contributed by atoms with Crippen LogP contribution in [0.15, 0.2) is 36.4 Å². The molecule has 25 heavy (non-hydrogen) atoms. The van der Waals surface area contributed by atoms with E-state index < -0.39 is 0 Å². The number of nitrogens with two attached hydrogens (primary N) is 1. The summed E-state index contributed by atoms with van der Waals surface area (Å²) in [5, 5.41) is 0.323. The fourth-order valence-corrected chi connectivity index (χ4v) is 2.39. The molecule has 0 bridgehead atoms. The molecule has 0 aliphatic carbocycles. The highest BCUT2D eigenvalue weighted by atomic mass is 35.5. The van der Waals surface area contributed by atoms with Crippen LogP contribution in [0.5, 0.6) is 11.5 Å². The number of methoxy groups -OCH3 is 1. The zero-order valence-corrected chi connectivity index (χ0v) is 16.0. The average molecular weight is 385 g/mol. The van der Waals surface area contributed by atoms with Gasteiger partial charge in [-0.3, -0.25) is 4.79 Å². The number of hydrogen-bond donors (Lipinski definition) is 1. The smallest absolute Gasteiger partial charge is 0.257 e. The van der Waals surface area contributed by atoms with Crippen molar-refractivity contribution in [1.82, 2.24) is 4.90 Å². The van der Waals surface area contributed by atoms with E-state index in [0.29, 0.717) is 35.2 Å². The zero-order valence-electron chi connectivity index (χ0n) is 14.4. The summed E-state index contributed by atoms with van der Waals surface area (Å²) >= 11 is 6.02. The Morgan fingerprint density at radius 1 is 1.24 bits per heavy atom. The third-order valence-corrected chi connectivity index (χ3v) is 4.00. The topological polar surface area (TPSA) is 64.8 Å². The number of hydrogen-bond acceptors (Lipinski definition) is 4. The summed E-state index contributed by atoms with van der Waals surface area (Å²) in [6.07, 6.45) is 0. The molecule has 0 fully saturated rings. The summed E-state index contributed by atoms with van der Waals surface area (Å²) in [5.41, 5.74) is 7.54. The Bertz CT molecular complexity index is 738. The largest absolute Gasteiger partial charge is 0.496 e. The average Bonchev–Trinajstić information content (AvgIpc) is 2.57. The van der Waals surface area contributed by atoms with E-state index in [2.05, 4.69) is 0 Å². The van der Waals surface area contributed by atoms with E-state index in [0.717, 1.165) is 11.3 Å². The Balaban J connectivity index is 0.00000312. The lowest BCUT2D eigenvalue weighted by Crippen LogP contribution is -2.31.